The predicted molar refractivity (Wildman–Crippen MR) is 63.7 cm³/mol. The maximum atomic E-state index is 11.1. The number of nitrogens with one attached hydrogen (secondary N) is 1. The van der Waals surface area contributed by atoms with Crippen LogP contribution in [0.5, 0.6) is 0 Å². The summed E-state index contributed by atoms with van der Waals surface area (Å²) in [5.74, 6) is -0.447. The van der Waals surface area contributed by atoms with Crippen LogP contribution in [0.2, 0.25) is 0 Å². The number of aromatic nitrogens is 1. The molecule has 0 unspecified atom stereocenters. The molecule has 0 aliphatic rings. The first-order chi connectivity index (χ1) is 8.69. The van der Waals surface area contributed by atoms with E-state index < -0.39 is 5.76 Å². The van der Waals surface area contributed by atoms with E-state index in [1.807, 2.05) is 6.07 Å². The molecule has 88 valence electrons. The molecule has 6 heteroatoms. The summed E-state index contributed by atoms with van der Waals surface area (Å²) in [6.07, 6.45) is 1.40. The third-order valence-electron chi connectivity index (χ3n) is 2.66. The lowest BCUT2D eigenvalue weighted by molar-refractivity contribution is 0.555. The number of nitrogen functional groups attached to an aromatic ring is 1. The summed E-state index contributed by atoms with van der Waals surface area (Å²) in [4.78, 5) is 13.6. The average Bonchev–Trinajstić information content (AvgIpc) is 2.89. The number of hydrogen-bond acceptors (Lipinski definition) is 5. The van der Waals surface area contributed by atoms with Gasteiger partial charge in [0.15, 0.2) is 5.58 Å². The van der Waals surface area contributed by atoms with Crippen LogP contribution < -0.4 is 11.5 Å². The van der Waals surface area contributed by atoms with Crippen LogP contribution in [0.1, 0.15) is 5.56 Å². The molecule has 18 heavy (non-hydrogen) atoms. The van der Waals surface area contributed by atoms with E-state index in [9.17, 15) is 4.79 Å². The molecule has 2 heterocycles. The third-order valence-corrected chi connectivity index (χ3v) is 2.66. The molecular weight excluding hydrogens is 234 g/mol. The number of nitrogens with zero attached hydrogens (tertiary/aromatic N) is 1. The molecular formula is C12H7N3O3. The van der Waals surface area contributed by atoms with Gasteiger partial charge in [0.25, 0.3) is 0 Å². The molecule has 0 saturated heterocycles. The van der Waals surface area contributed by atoms with Gasteiger partial charge in [-0.3, -0.25) is 4.98 Å². The fourth-order valence-electron chi connectivity index (χ4n) is 1.81. The predicted octanol–water partition coefficient (Wildman–Crippen LogP) is 1.83. The summed E-state index contributed by atoms with van der Waals surface area (Å²) >= 11 is 0. The number of rotatable bonds is 1. The topological polar surface area (TPSA) is 109 Å². The summed E-state index contributed by atoms with van der Waals surface area (Å²) in [6.45, 7) is 0. The van der Waals surface area contributed by atoms with Gasteiger partial charge in [-0.1, -0.05) is 6.07 Å². The lowest BCUT2D eigenvalue weighted by Crippen LogP contribution is -1.92. The number of nitriles is 1. The summed E-state index contributed by atoms with van der Waals surface area (Å²) < 4.78 is 9.97. The van der Waals surface area contributed by atoms with Gasteiger partial charge in [0.05, 0.1) is 5.52 Å². The molecule has 0 amide bonds. The molecule has 2 aromatic heterocycles. The van der Waals surface area contributed by atoms with E-state index in [2.05, 4.69) is 4.98 Å². The molecule has 0 bridgehead atoms. The van der Waals surface area contributed by atoms with Gasteiger partial charge < -0.3 is 14.6 Å². The van der Waals surface area contributed by atoms with Crippen molar-refractivity contribution in [3.8, 4) is 17.2 Å². The van der Waals surface area contributed by atoms with Gasteiger partial charge in [-0.05, 0) is 17.7 Å². The normalized spacial score (nSPS) is 10.6. The molecule has 0 atom stereocenters. The van der Waals surface area contributed by atoms with Gasteiger partial charge >= 0.3 is 5.76 Å². The van der Waals surface area contributed by atoms with Gasteiger partial charge in [-0.2, -0.15) is 5.26 Å². The number of anilines is 1. The van der Waals surface area contributed by atoms with Crippen molar-refractivity contribution in [1.29, 1.82) is 5.26 Å². The summed E-state index contributed by atoms with van der Waals surface area (Å²) in [7, 11) is 0. The Kier molecular flexibility index (Phi) is 2.01. The quantitative estimate of drug-likeness (QED) is 0.675. The first kappa shape index (κ1) is 10.2. The standard InChI is InChI=1S/C12H7N3O3/c13-4-7-8(5-17-11(7)14)6-1-2-9-10(3-6)18-12(16)15-9/h1-3,5H,14H2,(H,15,16). The first-order valence-corrected chi connectivity index (χ1v) is 5.09. The maximum absolute atomic E-state index is 11.1. The van der Waals surface area contributed by atoms with Crippen molar-refractivity contribution >= 4 is 17.0 Å². The Hall–Kier alpha value is -2.94. The Morgan fingerprint density at radius 1 is 1.39 bits per heavy atom. The lowest BCUT2D eigenvalue weighted by Gasteiger charge is -1.97. The number of furan rings is 1. The first-order valence-electron chi connectivity index (χ1n) is 5.09. The summed E-state index contributed by atoms with van der Waals surface area (Å²) in [5.41, 5.74) is 8.09. The highest BCUT2D eigenvalue weighted by atomic mass is 16.4. The fourth-order valence-corrected chi connectivity index (χ4v) is 1.81. The zero-order chi connectivity index (χ0) is 12.7. The van der Waals surface area contributed by atoms with Crippen molar-refractivity contribution in [2.24, 2.45) is 0 Å². The van der Waals surface area contributed by atoms with Crippen LogP contribution in [-0.2, 0) is 0 Å². The number of benzene rings is 1. The summed E-state index contributed by atoms with van der Waals surface area (Å²) in [5, 5.41) is 9.00. The van der Waals surface area contributed by atoms with Gasteiger partial charge in [-0.15, -0.1) is 0 Å². The molecule has 0 aliphatic carbocycles. The fraction of sp³-hybridized carbons (Fsp3) is 0. The molecule has 1 aromatic carbocycles. The van der Waals surface area contributed by atoms with Gasteiger partial charge in [0.1, 0.15) is 17.9 Å². The number of fused-ring (bicyclic) bond motifs is 1. The van der Waals surface area contributed by atoms with Crippen LogP contribution in [0.4, 0.5) is 5.88 Å². The van der Waals surface area contributed by atoms with Gasteiger partial charge in [-0.25, -0.2) is 4.79 Å². The van der Waals surface area contributed by atoms with Crippen molar-refractivity contribution in [2.75, 3.05) is 5.73 Å². The van der Waals surface area contributed by atoms with E-state index in [0.717, 1.165) is 0 Å². The highest BCUT2D eigenvalue weighted by molar-refractivity contribution is 5.83. The Morgan fingerprint density at radius 2 is 2.22 bits per heavy atom. The smallest absolute Gasteiger partial charge is 0.417 e. The minimum absolute atomic E-state index is 0.0723. The van der Waals surface area contributed by atoms with Crippen molar-refractivity contribution in [1.82, 2.24) is 4.98 Å². The van der Waals surface area contributed by atoms with Crippen molar-refractivity contribution in [3.63, 3.8) is 0 Å². The molecule has 3 N–H and O–H groups in total. The van der Waals surface area contributed by atoms with E-state index in [4.69, 9.17) is 19.8 Å². The number of H-pyrrole nitrogens is 1. The molecule has 0 spiro atoms. The molecule has 0 fully saturated rings. The second-order valence-corrected chi connectivity index (χ2v) is 3.73. The second kappa shape index (κ2) is 3.53. The number of hydrogen-bond donors (Lipinski definition) is 2. The van der Waals surface area contributed by atoms with Crippen LogP contribution in [0, 0.1) is 11.3 Å². The Balaban J connectivity index is 2.25. The van der Waals surface area contributed by atoms with Crippen LogP contribution in [0.25, 0.3) is 22.2 Å². The van der Waals surface area contributed by atoms with Crippen molar-refractivity contribution < 1.29 is 8.83 Å². The van der Waals surface area contributed by atoms with E-state index >= 15 is 0 Å². The summed E-state index contributed by atoms with van der Waals surface area (Å²) in [6, 6.07) is 7.07. The van der Waals surface area contributed by atoms with Crippen LogP contribution in [-0.4, -0.2) is 4.98 Å². The maximum Gasteiger partial charge on any atom is 0.417 e. The van der Waals surface area contributed by atoms with Gasteiger partial charge in [0, 0.05) is 5.56 Å². The van der Waals surface area contributed by atoms with E-state index in [1.165, 1.54) is 6.26 Å². The minimum Gasteiger partial charge on any atom is -0.447 e. The zero-order valence-corrected chi connectivity index (χ0v) is 9.06. The number of aromatic amines is 1. The average molecular weight is 241 g/mol. The van der Waals surface area contributed by atoms with Crippen molar-refractivity contribution in [3.05, 3.63) is 40.6 Å². The third kappa shape index (κ3) is 1.38. The number of nitrogens with two attached hydrogens (primary N) is 1. The van der Waals surface area contributed by atoms with Gasteiger partial charge in [0.2, 0.25) is 5.88 Å². The molecule has 0 radical (unpaired) electrons. The Morgan fingerprint density at radius 3 is 3.00 bits per heavy atom. The highest BCUT2D eigenvalue weighted by Gasteiger charge is 2.13. The molecule has 0 saturated carbocycles. The van der Waals surface area contributed by atoms with E-state index in [-0.39, 0.29) is 11.4 Å². The second-order valence-electron chi connectivity index (χ2n) is 3.73. The Labute approximate surface area is 100 Å². The number of oxazole rings is 1. The highest BCUT2D eigenvalue weighted by Crippen LogP contribution is 2.30. The zero-order valence-electron chi connectivity index (χ0n) is 9.06. The van der Waals surface area contributed by atoms with Crippen LogP contribution in [0.15, 0.2) is 38.1 Å². The monoisotopic (exact) mass is 241 g/mol. The molecule has 3 aromatic rings. The van der Waals surface area contributed by atoms with E-state index in [1.54, 1.807) is 18.2 Å². The van der Waals surface area contributed by atoms with Crippen LogP contribution in [0.3, 0.4) is 0 Å². The molecule has 0 aliphatic heterocycles. The van der Waals surface area contributed by atoms with E-state index in [0.29, 0.717) is 22.2 Å². The minimum atomic E-state index is -0.519. The Bertz CT molecular complexity index is 832. The van der Waals surface area contributed by atoms with Crippen LogP contribution >= 0.6 is 0 Å². The molecule has 6 nitrogen and oxygen atoms in total. The lowest BCUT2D eigenvalue weighted by atomic mass is 10.0. The van der Waals surface area contributed by atoms with Crippen molar-refractivity contribution in [2.45, 2.75) is 0 Å². The largest absolute Gasteiger partial charge is 0.447 e. The SMILES string of the molecule is N#Cc1c(-c2ccc3[nH]c(=O)oc3c2)coc1N. The molecule has 3 rings (SSSR count).